The van der Waals surface area contributed by atoms with Gasteiger partial charge in [0, 0.05) is 12.2 Å². The predicted octanol–water partition coefficient (Wildman–Crippen LogP) is 3.60. The summed E-state index contributed by atoms with van der Waals surface area (Å²) in [5.41, 5.74) is 14.8. The van der Waals surface area contributed by atoms with Gasteiger partial charge in [0.05, 0.1) is 6.42 Å². The van der Waals surface area contributed by atoms with Gasteiger partial charge in [-0.3, -0.25) is 4.79 Å². The zero-order chi connectivity index (χ0) is 19.8. The van der Waals surface area contributed by atoms with Crippen LogP contribution >= 0.6 is 0 Å². The molecule has 0 aromatic rings. The van der Waals surface area contributed by atoms with Gasteiger partial charge >= 0.3 is 6.09 Å². The molecular weight excluding hydrogens is 342 g/mol. The summed E-state index contributed by atoms with van der Waals surface area (Å²) < 4.78 is 0. The standard InChI is InChI=1S/C21H29N3O3/c1-4-7-12-23-21(26)27-24-19(25)13-14-8-10-17-15(5-2)20(22)16(6-3)18(17)11-9-14/h8-11H,4-7,12-13,22H2,1-3H3,(H,23,26)(H,24,25). The Bertz CT molecular complexity index is 732. The summed E-state index contributed by atoms with van der Waals surface area (Å²) in [5, 5.41) is 2.57. The quantitative estimate of drug-likeness (QED) is 0.512. The van der Waals surface area contributed by atoms with Crippen LogP contribution in [0.1, 0.15) is 50.3 Å². The molecule has 0 saturated carbocycles. The fraction of sp³-hybridized carbons (Fsp3) is 0.429. The molecular formula is C21H29N3O3. The molecule has 0 bridgehead atoms. The van der Waals surface area contributed by atoms with Crippen molar-refractivity contribution in [1.82, 2.24) is 10.8 Å². The lowest BCUT2D eigenvalue weighted by Gasteiger charge is -2.06. The second-order valence-corrected chi connectivity index (χ2v) is 6.52. The van der Waals surface area contributed by atoms with E-state index in [1.165, 1.54) is 0 Å². The first-order valence-corrected chi connectivity index (χ1v) is 9.57. The molecule has 0 heterocycles. The molecule has 0 aliphatic heterocycles. The summed E-state index contributed by atoms with van der Waals surface area (Å²) in [6, 6.07) is 7.87. The van der Waals surface area contributed by atoms with Crippen LogP contribution < -0.4 is 16.5 Å². The summed E-state index contributed by atoms with van der Waals surface area (Å²) in [4.78, 5) is 28.2. The Morgan fingerprint density at radius 3 is 2.11 bits per heavy atom. The first-order chi connectivity index (χ1) is 13.0. The molecule has 2 rings (SSSR count). The van der Waals surface area contributed by atoms with Gasteiger partial charge in [-0.25, -0.2) is 4.79 Å². The first kappa shape index (κ1) is 20.6. The smallest absolute Gasteiger partial charge is 0.398 e. The number of rotatable bonds is 7. The number of nitrogen functional groups attached to an aromatic ring is 1. The molecule has 0 aromatic heterocycles. The van der Waals surface area contributed by atoms with E-state index in [2.05, 4.69) is 24.6 Å². The first-order valence-electron chi connectivity index (χ1n) is 9.57. The highest BCUT2D eigenvalue weighted by molar-refractivity contribution is 5.85. The highest BCUT2D eigenvalue weighted by Gasteiger charge is 2.18. The third-order valence-electron chi connectivity index (χ3n) is 4.65. The van der Waals surface area contributed by atoms with Gasteiger partial charge in [0.25, 0.3) is 5.91 Å². The van der Waals surface area contributed by atoms with Crippen molar-refractivity contribution in [2.45, 2.75) is 52.9 Å². The molecule has 0 saturated heterocycles. The Morgan fingerprint density at radius 1 is 1.00 bits per heavy atom. The normalized spacial score (nSPS) is 10.6. The molecule has 6 heteroatoms. The Hall–Kier alpha value is -2.76. The van der Waals surface area contributed by atoms with Gasteiger partial charge in [0.2, 0.25) is 0 Å². The minimum atomic E-state index is -0.648. The van der Waals surface area contributed by atoms with Crippen molar-refractivity contribution < 1.29 is 14.4 Å². The molecule has 0 fully saturated rings. The number of unbranched alkanes of at least 4 members (excludes halogenated alkanes) is 1. The van der Waals surface area contributed by atoms with E-state index in [-0.39, 0.29) is 12.3 Å². The predicted molar refractivity (Wildman–Crippen MR) is 107 cm³/mol. The van der Waals surface area contributed by atoms with Crippen LogP contribution in [0.4, 0.5) is 10.5 Å². The van der Waals surface area contributed by atoms with Gasteiger partial charge in [-0.15, -0.1) is 0 Å². The number of carbonyl (C=O) groups is 2. The van der Waals surface area contributed by atoms with Gasteiger partial charge < -0.3 is 15.9 Å². The average Bonchev–Trinajstić information content (AvgIpc) is 2.77. The number of nitrogens with two attached hydrogens (primary N) is 1. The summed E-state index contributed by atoms with van der Waals surface area (Å²) in [6.07, 6.45) is 3.04. The van der Waals surface area contributed by atoms with Crippen molar-refractivity contribution in [3.05, 3.63) is 41.0 Å². The topological polar surface area (TPSA) is 93.5 Å². The Morgan fingerprint density at radius 2 is 1.59 bits per heavy atom. The van der Waals surface area contributed by atoms with E-state index in [4.69, 9.17) is 10.6 Å². The van der Waals surface area contributed by atoms with Crippen molar-refractivity contribution in [2.75, 3.05) is 12.3 Å². The minimum absolute atomic E-state index is 0.123. The van der Waals surface area contributed by atoms with Crippen LogP contribution in [0.3, 0.4) is 0 Å². The van der Waals surface area contributed by atoms with Crippen LogP contribution in [-0.2, 0) is 28.9 Å². The third kappa shape index (κ3) is 5.12. The maximum absolute atomic E-state index is 12.0. The number of amides is 2. The van der Waals surface area contributed by atoms with E-state index < -0.39 is 6.09 Å². The molecule has 4 N–H and O–H groups in total. The van der Waals surface area contributed by atoms with Gasteiger partial charge in [0.15, 0.2) is 0 Å². The second-order valence-electron chi connectivity index (χ2n) is 6.52. The van der Waals surface area contributed by atoms with Crippen LogP contribution in [0.15, 0.2) is 24.3 Å². The maximum atomic E-state index is 12.0. The number of nitrogens with one attached hydrogen (secondary N) is 2. The Balaban J connectivity index is 2.04. The van der Waals surface area contributed by atoms with Gasteiger partial charge in [-0.1, -0.05) is 51.5 Å². The zero-order valence-electron chi connectivity index (χ0n) is 16.4. The van der Waals surface area contributed by atoms with Crippen LogP contribution in [0.25, 0.3) is 11.1 Å². The lowest BCUT2D eigenvalue weighted by atomic mass is 10.1. The van der Waals surface area contributed by atoms with Gasteiger partial charge in [0.1, 0.15) is 0 Å². The SMILES string of the molecule is CCCCNC(=O)ONC(=O)Cc1ccc2c(CC)c(N)c(CC)c-2cc1. The molecule has 27 heavy (non-hydrogen) atoms. The van der Waals surface area contributed by atoms with Crippen molar-refractivity contribution in [2.24, 2.45) is 0 Å². The number of fused-ring (bicyclic) bond motifs is 1. The van der Waals surface area contributed by atoms with Gasteiger partial charge in [-0.05, 0) is 47.1 Å². The van der Waals surface area contributed by atoms with Crippen LogP contribution in [0, 0.1) is 0 Å². The summed E-state index contributed by atoms with van der Waals surface area (Å²) in [7, 11) is 0. The summed E-state index contributed by atoms with van der Waals surface area (Å²) >= 11 is 0. The molecule has 0 unspecified atom stereocenters. The second kappa shape index (κ2) is 9.80. The molecule has 0 radical (unpaired) electrons. The van der Waals surface area contributed by atoms with Gasteiger partial charge in [-0.2, -0.15) is 5.48 Å². The van der Waals surface area contributed by atoms with Crippen LogP contribution in [-0.4, -0.2) is 18.5 Å². The Labute approximate surface area is 160 Å². The largest absolute Gasteiger partial charge is 0.431 e. The van der Waals surface area contributed by atoms with Crippen molar-refractivity contribution >= 4 is 17.7 Å². The summed E-state index contributed by atoms with van der Waals surface area (Å²) in [6.45, 7) is 6.74. The van der Waals surface area contributed by atoms with Crippen molar-refractivity contribution in [3.63, 3.8) is 0 Å². The minimum Gasteiger partial charge on any atom is -0.398 e. The average molecular weight is 371 g/mol. The van der Waals surface area contributed by atoms with E-state index in [1.807, 2.05) is 31.2 Å². The summed E-state index contributed by atoms with van der Waals surface area (Å²) in [5.74, 6) is -0.377. The molecule has 2 amide bonds. The van der Waals surface area contributed by atoms with E-state index in [1.54, 1.807) is 0 Å². The fourth-order valence-corrected chi connectivity index (χ4v) is 3.22. The molecule has 6 nitrogen and oxygen atoms in total. The number of anilines is 1. The Kier molecular flexibility index (Phi) is 7.46. The van der Waals surface area contributed by atoms with Crippen molar-refractivity contribution in [1.29, 1.82) is 0 Å². The van der Waals surface area contributed by atoms with Crippen LogP contribution in [0.2, 0.25) is 0 Å². The molecule has 0 spiro atoms. The third-order valence-corrected chi connectivity index (χ3v) is 4.65. The van der Waals surface area contributed by atoms with E-state index in [0.717, 1.165) is 59.2 Å². The number of carbonyl (C=O) groups excluding carboxylic acids is 2. The lowest BCUT2D eigenvalue weighted by Crippen LogP contribution is -2.34. The molecule has 2 aliphatic rings. The van der Waals surface area contributed by atoms with E-state index in [9.17, 15) is 9.59 Å². The molecule has 146 valence electrons. The lowest BCUT2D eigenvalue weighted by molar-refractivity contribution is -0.128. The zero-order valence-corrected chi connectivity index (χ0v) is 16.4. The van der Waals surface area contributed by atoms with E-state index >= 15 is 0 Å². The molecule has 0 atom stereocenters. The molecule has 0 aromatic carbocycles. The molecule has 2 aliphatic carbocycles. The number of hydrogen-bond acceptors (Lipinski definition) is 4. The monoisotopic (exact) mass is 371 g/mol. The van der Waals surface area contributed by atoms with Crippen molar-refractivity contribution in [3.8, 4) is 11.1 Å². The maximum Gasteiger partial charge on any atom is 0.431 e. The highest BCUT2D eigenvalue weighted by atomic mass is 16.7. The number of hydroxylamine groups is 1. The van der Waals surface area contributed by atoms with Crippen LogP contribution in [0.5, 0.6) is 0 Å². The fourth-order valence-electron chi connectivity index (χ4n) is 3.22. The number of hydrogen-bond donors (Lipinski definition) is 3. The highest BCUT2D eigenvalue weighted by Crippen LogP contribution is 2.39. The van der Waals surface area contributed by atoms with E-state index in [0.29, 0.717) is 6.54 Å².